The van der Waals surface area contributed by atoms with Crippen LogP contribution in [0.1, 0.15) is 46.8 Å². The van der Waals surface area contributed by atoms with Crippen molar-refractivity contribution in [3.63, 3.8) is 0 Å². The number of alkyl halides is 3. The fraction of sp³-hybridized carbons (Fsp3) is 0.290. The lowest BCUT2D eigenvalue weighted by atomic mass is 9.82. The molecule has 0 aliphatic carbocycles. The van der Waals surface area contributed by atoms with Crippen molar-refractivity contribution in [2.75, 3.05) is 13.2 Å². The zero-order valence-electron chi connectivity index (χ0n) is 23.4. The van der Waals surface area contributed by atoms with Crippen molar-refractivity contribution >= 4 is 11.8 Å². The highest BCUT2D eigenvalue weighted by molar-refractivity contribution is 6.01. The third-order valence-electron chi connectivity index (χ3n) is 6.87. The Balaban J connectivity index is 1.73. The van der Waals surface area contributed by atoms with Gasteiger partial charge in [0.1, 0.15) is 11.6 Å². The molecule has 0 aromatic heterocycles. The number of azide groups is 1. The van der Waals surface area contributed by atoms with E-state index in [-0.39, 0.29) is 31.0 Å². The highest BCUT2D eigenvalue weighted by Gasteiger charge is 2.53. The maximum Gasteiger partial charge on any atom is 0.416 e. The summed E-state index contributed by atoms with van der Waals surface area (Å²) < 4.78 is 65.8. The molecule has 0 saturated carbocycles. The maximum atomic E-state index is 14.0. The molecule has 0 bridgehead atoms. The number of nitrogens with zero attached hydrogens (tertiary/aromatic N) is 4. The van der Waals surface area contributed by atoms with Crippen LogP contribution in [0, 0.1) is 5.82 Å². The lowest BCUT2D eigenvalue weighted by molar-refractivity contribution is -0.137. The Morgan fingerprint density at radius 1 is 1.20 bits per heavy atom. The molecule has 3 aromatic carbocycles. The molecule has 0 saturated heterocycles. The summed E-state index contributed by atoms with van der Waals surface area (Å²) in [6.07, 6.45) is -3.94. The lowest BCUT2D eigenvalue weighted by Crippen LogP contribution is -2.48. The minimum absolute atomic E-state index is 0.0125. The third-order valence-corrected chi connectivity index (χ3v) is 6.87. The second-order valence-electron chi connectivity index (χ2n) is 9.90. The Bertz CT molecular complexity index is 1570. The highest BCUT2D eigenvalue weighted by atomic mass is 19.4. The molecule has 44 heavy (non-hydrogen) atoms. The van der Waals surface area contributed by atoms with Gasteiger partial charge in [-0.3, -0.25) is 4.79 Å². The molecular weight excluding hydrogens is 582 g/mol. The Kier molecular flexibility index (Phi) is 10.2. The van der Waals surface area contributed by atoms with Gasteiger partial charge in [0, 0.05) is 36.5 Å². The molecule has 1 aliphatic heterocycles. The standard InChI is InChI=1S/C31H29F4N5O4/c1-2-12-30(29(42)37-18-20-15-23(31(33,34)35)17-24(32)16-20)27(26-7-4-3-6-22(26)19-38-40-36)44-28(39-30)21-8-10-25(11-9-21)43-14-5-13-41/h2-4,6-11,15-17,27,41H,1,5,12-14,18-19H2,(H,37,42)/t27-,30-/m1/s1. The number of aliphatic imine (C=N–C) groups is 1. The van der Waals surface area contributed by atoms with E-state index in [1.54, 1.807) is 48.5 Å². The van der Waals surface area contributed by atoms with E-state index in [2.05, 4.69) is 21.9 Å². The number of hydrogen-bond donors (Lipinski definition) is 2. The van der Waals surface area contributed by atoms with Crippen LogP contribution in [-0.2, 0) is 28.8 Å². The van der Waals surface area contributed by atoms with E-state index < -0.39 is 41.7 Å². The zero-order valence-corrected chi connectivity index (χ0v) is 23.4. The predicted octanol–water partition coefficient (Wildman–Crippen LogP) is 6.57. The first-order valence-electron chi connectivity index (χ1n) is 13.6. The summed E-state index contributed by atoms with van der Waals surface area (Å²) in [6.45, 7) is 3.62. The van der Waals surface area contributed by atoms with Gasteiger partial charge in [0.2, 0.25) is 5.90 Å². The SMILES string of the molecule is C=CC[C@@]1(C(=O)NCc2cc(F)cc(C(F)(F)F)c2)N=C(c2ccc(OCCCO)cc2)O[C@@H]1c1ccccc1CN=[N+]=[N-]. The molecule has 3 aromatic rings. The summed E-state index contributed by atoms with van der Waals surface area (Å²) in [5, 5.41) is 15.2. The molecule has 0 unspecified atom stereocenters. The van der Waals surface area contributed by atoms with Crippen molar-refractivity contribution in [3.05, 3.63) is 123 Å². The maximum absolute atomic E-state index is 14.0. The van der Waals surface area contributed by atoms with E-state index >= 15 is 0 Å². The average molecular weight is 612 g/mol. The van der Waals surface area contributed by atoms with Crippen LogP contribution in [0.25, 0.3) is 10.4 Å². The summed E-state index contributed by atoms with van der Waals surface area (Å²) in [7, 11) is 0. The number of nitrogens with one attached hydrogen (secondary N) is 1. The molecule has 230 valence electrons. The molecule has 2 N–H and O–H groups in total. The third kappa shape index (κ3) is 7.36. The van der Waals surface area contributed by atoms with Gasteiger partial charge >= 0.3 is 6.18 Å². The van der Waals surface area contributed by atoms with E-state index in [1.807, 2.05) is 0 Å². The number of rotatable bonds is 13. The Hall–Kier alpha value is -4.87. The van der Waals surface area contributed by atoms with Crippen molar-refractivity contribution in [2.24, 2.45) is 10.1 Å². The van der Waals surface area contributed by atoms with Gasteiger partial charge in [-0.1, -0.05) is 35.5 Å². The van der Waals surface area contributed by atoms with Crippen LogP contribution in [-0.4, -0.2) is 35.7 Å². The zero-order chi connectivity index (χ0) is 31.7. The summed E-state index contributed by atoms with van der Waals surface area (Å²) in [6, 6.07) is 15.7. The summed E-state index contributed by atoms with van der Waals surface area (Å²) in [5.74, 6) is -1.14. The number of carbonyl (C=O) groups excluding carboxylic acids is 1. The minimum Gasteiger partial charge on any atom is -0.494 e. The number of benzene rings is 3. The van der Waals surface area contributed by atoms with Gasteiger partial charge in [0.15, 0.2) is 11.6 Å². The van der Waals surface area contributed by atoms with Crippen LogP contribution < -0.4 is 10.1 Å². The van der Waals surface area contributed by atoms with Gasteiger partial charge in [-0.2, -0.15) is 13.2 Å². The topological polar surface area (TPSA) is 129 Å². The van der Waals surface area contributed by atoms with Gasteiger partial charge < -0.3 is 19.9 Å². The van der Waals surface area contributed by atoms with E-state index in [9.17, 15) is 22.4 Å². The Morgan fingerprint density at radius 3 is 2.64 bits per heavy atom. The fourth-order valence-electron chi connectivity index (χ4n) is 4.81. The molecular formula is C31H29F4N5O4. The molecule has 2 atom stereocenters. The second kappa shape index (κ2) is 14.1. The number of halogens is 4. The van der Waals surface area contributed by atoms with E-state index in [0.29, 0.717) is 41.5 Å². The van der Waals surface area contributed by atoms with Gasteiger partial charge in [0.25, 0.3) is 5.91 Å². The molecule has 0 spiro atoms. The number of carbonyl (C=O) groups is 1. The quantitative estimate of drug-likeness (QED) is 0.0566. The molecule has 9 nitrogen and oxygen atoms in total. The number of hydrogen-bond acceptors (Lipinski definition) is 6. The number of aliphatic hydroxyl groups excluding tert-OH is 1. The minimum atomic E-state index is -4.77. The average Bonchev–Trinajstić information content (AvgIpc) is 3.39. The molecule has 1 amide bonds. The van der Waals surface area contributed by atoms with Crippen LogP contribution in [0.5, 0.6) is 5.75 Å². The molecule has 0 radical (unpaired) electrons. The van der Waals surface area contributed by atoms with Crippen molar-refractivity contribution in [1.29, 1.82) is 0 Å². The Morgan fingerprint density at radius 2 is 1.95 bits per heavy atom. The van der Waals surface area contributed by atoms with Gasteiger partial charge in [-0.05, 0) is 64.7 Å². The number of aliphatic hydroxyl groups is 1. The van der Waals surface area contributed by atoms with Gasteiger partial charge in [0.05, 0.1) is 18.7 Å². The molecule has 13 heteroatoms. The Labute approximate surface area is 250 Å². The molecule has 0 fully saturated rings. The fourth-order valence-corrected chi connectivity index (χ4v) is 4.81. The van der Waals surface area contributed by atoms with Gasteiger partial charge in [-0.25, -0.2) is 9.38 Å². The monoisotopic (exact) mass is 611 g/mol. The summed E-state index contributed by atoms with van der Waals surface area (Å²) >= 11 is 0. The summed E-state index contributed by atoms with van der Waals surface area (Å²) in [5.41, 5.74) is 7.54. The van der Waals surface area contributed by atoms with E-state index in [0.717, 1.165) is 12.1 Å². The molecule has 4 rings (SSSR count). The largest absolute Gasteiger partial charge is 0.494 e. The van der Waals surface area contributed by atoms with Gasteiger partial charge in [-0.15, -0.1) is 6.58 Å². The first-order valence-corrected chi connectivity index (χ1v) is 13.6. The number of amides is 1. The van der Waals surface area contributed by atoms with Crippen LogP contribution >= 0.6 is 0 Å². The van der Waals surface area contributed by atoms with Crippen LogP contribution in [0.3, 0.4) is 0 Å². The van der Waals surface area contributed by atoms with Crippen molar-refractivity contribution in [3.8, 4) is 5.75 Å². The first-order chi connectivity index (χ1) is 21.1. The second-order valence-corrected chi connectivity index (χ2v) is 9.90. The smallest absolute Gasteiger partial charge is 0.416 e. The summed E-state index contributed by atoms with van der Waals surface area (Å²) in [4.78, 5) is 21.6. The predicted molar refractivity (Wildman–Crippen MR) is 154 cm³/mol. The highest BCUT2D eigenvalue weighted by Crippen LogP contribution is 2.44. The first kappa shape index (κ1) is 32.1. The van der Waals surface area contributed by atoms with Crippen molar-refractivity contribution < 1.29 is 36.9 Å². The molecule has 1 aliphatic rings. The lowest BCUT2D eigenvalue weighted by Gasteiger charge is -2.30. The van der Waals surface area contributed by atoms with Crippen molar-refractivity contribution in [2.45, 2.75) is 43.8 Å². The number of ether oxygens (including phenoxy) is 2. The van der Waals surface area contributed by atoms with E-state index in [4.69, 9.17) is 25.1 Å². The van der Waals surface area contributed by atoms with Crippen LogP contribution in [0.2, 0.25) is 0 Å². The van der Waals surface area contributed by atoms with Crippen LogP contribution in [0.15, 0.2) is 89.5 Å². The normalized spacial score (nSPS) is 17.7. The van der Waals surface area contributed by atoms with Crippen LogP contribution in [0.4, 0.5) is 17.6 Å². The van der Waals surface area contributed by atoms with Crippen molar-refractivity contribution in [1.82, 2.24) is 5.32 Å². The van der Waals surface area contributed by atoms with E-state index in [1.165, 1.54) is 6.08 Å². The molecule has 1 heterocycles.